The largest absolute Gasteiger partial charge is 0.507 e. The average Bonchev–Trinajstić information content (AvgIpc) is 0.867. The van der Waals surface area contributed by atoms with E-state index in [2.05, 4.69) is 5.32 Å². The van der Waals surface area contributed by atoms with E-state index < -0.39 is 88.2 Å². The summed E-state index contributed by atoms with van der Waals surface area (Å²) >= 11 is 5.02. The smallest absolute Gasteiger partial charge is 0.342 e. The van der Waals surface area contributed by atoms with Crippen molar-refractivity contribution in [3.8, 4) is 50.6 Å². The second-order valence-electron chi connectivity index (χ2n) is 21.5. The first-order valence-electron chi connectivity index (χ1n) is 27.9. The van der Waals surface area contributed by atoms with Gasteiger partial charge in [-0.2, -0.15) is 23.4 Å². The summed E-state index contributed by atoms with van der Waals surface area (Å²) in [5.74, 6) is -10.4. The van der Waals surface area contributed by atoms with Gasteiger partial charge in [-0.3, -0.25) is 9.59 Å². The van der Waals surface area contributed by atoms with Crippen molar-refractivity contribution in [1.82, 2.24) is 5.32 Å². The fraction of sp³-hybridized carbons (Fsp3) is 0.299. The second kappa shape index (κ2) is 39.1. The van der Waals surface area contributed by atoms with Gasteiger partial charge in [0.15, 0.2) is 0 Å². The van der Waals surface area contributed by atoms with Gasteiger partial charge in [0.05, 0.1) is 0 Å². The summed E-state index contributed by atoms with van der Waals surface area (Å²) in [4.78, 5) is 82.7. The number of carbonyl (C=O) groups is 7. The molecule has 0 fully saturated rings. The quantitative estimate of drug-likeness (QED) is 0.0112. The van der Waals surface area contributed by atoms with E-state index in [0.29, 0.717) is 37.0 Å². The van der Waals surface area contributed by atoms with Crippen LogP contribution in [0.25, 0.3) is 33.4 Å². The van der Waals surface area contributed by atoms with Gasteiger partial charge in [0.25, 0.3) is 0 Å². The Labute approximate surface area is 541 Å². The molecule has 3 atom stereocenters. The zero-order valence-corrected chi connectivity index (χ0v) is 54.8. The van der Waals surface area contributed by atoms with Gasteiger partial charge in [-0.25, -0.2) is 50.3 Å². The van der Waals surface area contributed by atoms with Crippen LogP contribution in [-0.2, 0) is 23.9 Å². The molecular weight excluding hydrogens is 1250 g/mol. The van der Waals surface area contributed by atoms with Crippen LogP contribution in [0.2, 0.25) is 0 Å². The number of hydrogen-bond donors (Lipinski definition) is 5. The lowest BCUT2D eigenvalue weighted by atomic mass is 10.0. The minimum atomic E-state index is -1.39. The first-order chi connectivity index (χ1) is 41.7. The lowest BCUT2D eigenvalue weighted by molar-refractivity contribution is -0.139. The molecule has 0 saturated carbocycles. The third-order valence-corrected chi connectivity index (χ3v) is 12.1. The lowest BCUT2D eigenvalue weighted by Gasteiger charge is -2.21. The van der Waals surface area contributed by atoms with Crippen molar-refractivity contribution in [1.29, 1.82) is 0 Å². The molecule has 6 aromatic carbocycles. The Morgan fingerprint density at radius 3 is 1.36 bits per heavy atom. The van der Waals surface area contributed by atoms with E-state index in [1.54, 1.807) is 32.9 Å². The SMILES string of the molecule is CC(C)CC(N)C(=O)Oc1ccc(-c2ccc(F)cc2F)cc1C(=O)OC(C)(C)C.CC/C=C\CC(=O)Cl.CC/C=C\CC(=O)NC(CC(C)C)C(=O)Oc1ccc(-c2ccc(F)cc2F)cc1C(=O)O.O=C(O)c1cc(-c2ccc(F)cc2F)ccc1O.P.S.[3HH]. The van der Waals surface area contributed by atoms with Crippen molar-refractivity contribution >= 4 is 76.0 Å². The number of carboxylic acids is 2. The number of aromatic hydroxyl groups is 1. The number of benzene rings is 6. The van der Waals surface area contributed by atoms with Crippen LogP contribution < -0.4 is 20.5 Å². The van der Waals surface area contributed by atoms with E-state index in [9.17, 15) is 70.1 Å². The molecule has 6 N–H and O–H groups in total. The number of ether oxygens (including phenoxy) is 3. The molecule has 6 aromatic rings. The van der Waals surface area contributed by atoms with Gasteiger partial charge >= 0.3 is 29.8 Å². The minimum absolute atomic E-state index is 0. The number of rotatable bonds is 21. The van der Waals surface area contributed by atoms with E-state index in [-0.39, 0.29) is 110 Å². The summed E-state index contributed by atoms with van der Waals surface area (Å²) in [7, 11) is 0. The molecule has 0 bridgehead atoms. The van der Waals surface area contributed by atoms with Crippen molar-refractivity contribution in [3.63, 3.8) is 0 Å². The third-order valence-electron chi connectivity index (χ3n) is 11.9. The Balaban J connectivity index is 0.00000129. The highest BCUT2D eigenvalue weighted by atomic mass is 35.5. The molecular formula is C67H78ClF6N2O13PS. The Morgan fingerprint density at radius 1 is 0.571 bits per heavy atom. The first kappa shape index (κ1) is 80.7. The van der Waals surface area contributed by atoms with Gasteiger partial charge < -0.3 is 40.6 Å². The molecule has 6 rings (SSSR count). The maximum atomic E-state index is 14.2. The predicted molar refractivity (Wildman–Crippen MR) is 349 cm³/mol. The summed E-state index contributed by atoms with van der Waals surface area (Å²) in [6, 6.07) is 18.8. The van der Waals surface area contributed by atoms with E-state index in [4.69, 9.17) is 36.7 Å². The molecule has 0 aliphatic carbocycles. The van der Waals surface area contributed by atoms with Crippen LogP contribution in [0.3, 0.4) is 0 Å². The van der Waals surface area contributed by atoms with Crippen molar-refractivity contribution in [3.05, 3.63) is 185 Å². The molecule has 1 amide bonds. The Hall–Kier alpha value is -8.30. The van der Waals surface area contributed by atoms with Crippen molar-refractivity contribution in [2.75, 3.05) is 0 Å². The van der Waals surface area contributed by atoms with Crippen LogP contribution in [0.5, 0.6) is 17.2 Å². The number of phenols is 1. The average molecular weight is 1330 g/mol. The number of esters is 3. The zero-order valence-electron chi connectivity index (χ0n) is 51.6. The summed E-state index contributed by atoms with van der Waals surface area (Å²) < 4.78 is 97.2. The van der Waals surface area contributed by atoms with Crippen LogP contribution in [-0.4, -0.2) is 74.0 Å². The molecule has 494 valence electrons. The predicted octanol–water partition coefficient (Wildman–Crippen LogP) is 15.5. The molecule has 91 heavy (non-hydrogen) atoms. The molecule has 0 saturated heterocycles. The number of halogens is 7. The van der Waals surface area contributed by atoms with Gasteiger partial charge in [-0.15, -0.1) is 0 Å². The maximum absolute atomic E-state index is 14.2. The van der Waals surface area contributed by atoms with Gasteiger partial charge in [0.2, 0.25) is 11.1 Å². The van der Waals surface area contributed by atoms with Crippen LogP contribution in [0, 0.1) is 46.7 Å². The monoisotopic (exact) mass is 1330 g/mol. The number of carboxylic acid groups (broad SMARTS) is 2. The Bertz CT molecular complexity index is 3550. The number of nitrogens with two attached hydrogens (primary N) is 1. The number of hydrogen-bond acceptors (Lipinski definition) is 12. The van der Waals surface area contributed by atoms with Crippen LogP contribution in [0.4, 0.5) is 26.3 Å². The van der Waals surface area contributed by atoms with E-state index >= 15 is 0 Å². The summed E-state index contributed by atoms with van der Waals surface area (Å²) in [5, 5.41) is 30.1. The van der Waals surface area contributed by atoms with Crippen molar-refractivity contribution < 1.29 is 90.9 Å². The first-order valence-corrected chi connectivity index (χ1v) is 28.3. The van der Waals surface area contributed by atoms with Crippen molar-refractivity contribution in [2.24, 2.45) is 17.6 Å². The molecule has 3 unspecified atom stereocenters. The third kappa shape index (κ3) is 27.8. The molecule has 24 heteroatoms. The molecule has 0 aliphatic rings. The summed E-state index contributed by atoms with van der Waals surface area (Å²) in [6.07, 6.45) is 10.1. The maximum Gasteiger partial charge on any atom is 0.342 e. The number of aromatic carboxylic acids is 2. The zero-order chi connectivity index (χ0) is 66.9. The van der Waals surface area contributed by atoms with Gasteiger partial charge in [-0.1, -0.05) is 84.0 Å². The Morgan fingerprint density at radius 2 is 0.967 bits per heavy atom. The highest BCUT2D eigenvalue weighted by Crippen LogP contribution is 2.33. The molecule has 0 spiro atoms. The molecule has 0 aliphatic heterocycles. The minimum Gasteiger partial charge on any atom is -0.507 e. The number of amides is 1. The fourth-order valence-electron chi connectivity index (χ4n) is 7.88. The van der Waals surface area contributed by atoms with Gasteiger partial charge in [-0.05, 0) is 159 Å². The normalized spacial score (nSPS) is 11.5. The Kier molecular flexibility index (Phi) is 34.7. The number of allylic oxidation sites excluding steroid dienone is 3. The molecule has 0 heterocycles. The molecule has 0 radical (unpaired) electrons. The van der Waals surface area contributed by atoms with E-state index in [0.717, 1.165) is 55.3 Å². The number of nitrogens with one attached hydrogen (secondary N) is 1. The summed E-state index contributed by atoms with van der Waals surface area (Å²) in [6.45, 7) is 16.6. The topological polar surface area (TPSA) is 246 Å². The fourth-order valence-corrected chi connectivity index (χ4v) is 7.97. The van der Waals surface area contributed by atoms with E-state index in [1.807, 2.05) is 53.7 Å². The van der Waals surface area contributed by atoms with Gasteiger partial charge in [0, 0.05) is 49.2 Å². The molecule has 0 aromatic heterocycles. The van der Waals surface area contributed by atoms with Crippen LogP contribution in [0.1, 0.15) is 133 Å². The van der Waals surface area contributed by atoms with Crippen LogP contribution in [0.15, 0.2) is 133 Å². The molecule has 15 nitrogen and oxygen atoms in total. The van der Waals surface area contributed by atoms with E-state index in [1.165, 1.54) is 54.6 Å². The lowest BCUT2D eigenvalue weighted by Crippen LogP contribution is -2.43. The second-order valence-corrected chi connectivity index (χ2v) is 21.9. The van der Waals surface area contributed by atoms with Gasteiger partial charge in [0.1, 0.15) is 86.5 Å². The standard InChI is InChI=1S/C25H27F2NO5.C23H27F2NO4.C13H8F2O3.C6H9ClO.H3P.H2S.H2/c1-4-5-6-7-23(29)28-21(12-15(2)3)25(32)33-22-11-8-16(13-19(22)24(30)31)18-10-9-17(26)14-20(18)27;1-13(2)10-19(26)22(28)29-20-9-6-14(16-8-7-15(24)12-18(16)25)11-17(20)21(27)30-23(3,4)5;14-8-2-3-9(11(15)6-8)7-1-4-12(16)10(5-7)13(17)18;1-2-3-4-5-6(7)8;;;/h5-6,8-11,13-15,21H,4,7,12H2,1-3H3,(H,28,29)(H,30,31);6-9,11-13,19H,10,26H2,1-5H3;1-6,16H,(H,17,18);3-4H,2,5H2,1H3;1H3;1H2;1H/b6-5-;;;4-3-;;;/i;;;;;;1+2. The van der Waals surface area contributed by atoms with Crippen LogP contribution >= 0.6 is 35.0 Å². The highest BCUT2D eigenvalue weighted by Gasteiger charge is 2.28. The van der Waals surface area contributed by atoms with Crippen molar-refractivity contribution in [2.45, 2.75) is 119 Å². The number of carbonyl (C=O) groups excluding carboxylic acids is 5. The summed E-state index contributed by atoms with van der Waals surface area (Å²) in [5.41, 5.74) is 5.21. The highest BCUT2D eigenvalue weighted by molar-refractivity contribution is 7.59.